The highest BCUT2D eigenvalue weighted by Crippen LogP contribution is 2.23. The van der Waals surface area contributed by atoms with E-state index in [1.807, 2.05) is 33.8 Å². The number of imidazole rings is 1. The lowest BCUT2D eigenvalue weighted by Crippen LogP contribution is -2.40. The average Bonchev–Trinajstić information content (AvgIpc) is 3.11. The predicted molar refractivity (Wildman–Crippen MR) is 103 cm³/mol. The Balaban J connectivity index is 1.57. The maximum Gasteiger partial charge on any atom is 0.255 e. The van der Waals surface area contributed by atoms with Gasteiger partial charge in [0.1, 0.15) is 11.5 Å². The summed E-state index contributed by atoms with van der Waals surface area (Å²) < 4.78 is 15.0. The number of nitrogens with two attached hydrogens (primary N) is 1. The van der Waals surface area contributed by atoms with E-state index >= 15 is 0 Å². The number of pyridine rings is 1. The van der Waals surface area contributed by atoms with Gasteiger partial charge in [-0.2, -0.15) is 0 Å². The molecule has 27 heavy (non-hydrogen) atoms. The minimum Gasteiger partial charge on any atom is -0.338 e. The molecule has 1 aromatic carbocycles. The van der Waals surface area contributed by atoms with Gasteiger partial charge in [0.05, 0.1) is 11.3 Å². The summed E-state index contributed by atoms with van der Waals surface area (Å²) in [6.45, 7) is 2.24. The summed E-state index contributed by atoms with van der Waals surface area (Å²) in [6, 6.07) is 9.92. The topological polar surface area (TPSA) is 63.6 Å². The van der Waals surface area contributed by atoms with Crippen LogP contribution in [-0.4, -0.2) is 39.8 Å². The van der Waals surface area contributed by atoms with E-state index in [1.165, 1.54) is 12.1 Å². The first-order valence-electron chi connectivity index (χ1n) is 9.38. The first kappa shape index (κ1) is 17.7. The maximum atomic E-state index is 13.1. The van der Waals surface area contributed by atoms with Gasteiger partial charge in [0.2, 0.25) is 0 Å². The summed E-state index contributed by atoms with van der Waals surface area (Å²) >= 11 is 0. The third kappa shape index (κ3) is 3.71. The average molecular weight is 366 g/mol. The molecular formula is C21H23FN4O. The van der Waals surface area contributed by atoms with Crippen LogP contribution in [0.5, 0.6) is 0 Å². The molecule has 1 amide bonds. The summed E-state index contributed by atoms with van der Waals surface area (Å²) in [6.07, 6.45) is 6.82. The zero-order chi connectivity index (χ0) is 18.8. The molecular weight excluding hydrogens is 343 g/mol. The van der Waals surface area contributed by atoms with Gasteiger partial charge >= 0.3 is 0 Å². The molecule has 0 saturated carbocycles. The van der Waals surface area contributed by atoms with Crippen molar-refractivity contribution in [2.24, 2.45) is 11.7 Å². The molecule has 6 heteroatoms. The summed E-state index contributed by atoms with van der Waals surface area (Å²) in [5, 5.41) is 0. The molecule has 4 rings (SSSR count). The Morgan fingerprint density at radius 2 is 2.00 bits per heavy atom. The van der Waals surface area contributed by atoms with E-state index in [9.17, 15) is 9.18 Å². The number of amides is 1. The number of benzene rings is 1. The van der Waals surface area contributed by atoms with Crippen molar-refractivity contribution in [1.29, 1.82) is 0 Å². The zero-order valence-electron chi connectivity index (χ0n) is 15.1. The Labute approximate surface area is 157 Å². The summed E-state index contributed by atoms with van der Waals surface area (Å²) in [7, 11) is 0. The number of hydrogen-bond donors (Lipinski definition) is 1. The lowest BCUT2D eigenvalue weighted by atomic mass is 9.94. The van der Waals surface area contributed by atoms with E-state index < -0.39 is 0 Å². The summed E-state index contributed by atoms with van der Waals surface area (Å²) in [5.74, 6) is 0.273. The number of likely N-dealkylation sites (tertiary alicyclic amines) is 1. The van der Waals surface area contributed by atoms with Crippen LogP contribution in [0.2, 0.25) is 0 Å². The van der Waals surface area contributed by atoms with E-state index in [0.29, 0.717) is 18.0 Å². The van der Waals surface area contributed by atoms with Crippen molar-refractivity contribution in [3.63, 3.8) is 0 Å². The van der Waals surface area contributed by atoms with Crippen molar-refractivity contribution < 1.29 is 9.18 Å². The van der Waals surface area contributed by atoms with E-state index in [-0.39, 0.29) is 11.7 Å². The lowest BCUT2D eigenvalue weighted by molar-refractivity contribution is 0.0669. The van der Waals surface area contributed by atoms with Crippen molar-refractivity contribution in [2.45, 2.75) is 19.3 Å². The minimum atomic E-state index is -0.273. The van der Waals surface area contributed by atoms with Gasteiger partial charge in [0.15, 0.2) is 0 Å². The number of carbonyl (C=O) groups excluding carboxylic acids is 1. The minimum absolute atomic E-state index is 0.0515. The van der Waals surface area contributed by atoms with Gasteiger partial charge in [-0.3, -0.25) is 4.79 Å². The molecule has 0 spiro atoms. The van der Waals surface area contributed by atoms with Crippen molar-refractivity contribution in [3.8, 4) is 11.3 Å². The second kappa shape index (κ2) is 7.48. The number of aromatic nitrogens is 2. The molecule has 0 radical (unpaired) electrons. The van der Waals surface area contributed by atoms with Gasteiger partial charge < -0.3 is 15.0 Å². The van der Waals surface area contributed by atoms with Crippen LogP contribution >= 0.6 is 0 Å². The molecule has 1 saturated heterocycles. The van der Waals surface area contributed by atoms with Crippen LogP contribution in [0.1, 0.15) is 29.6 Å². The highest BCUT2D eigenvalue weighted by Gasteiger charge is 2.24. The molecule has 1 unspecified atom stereocenters. The second-order valence-electron chi connectivity index (χ2n) is 7.15. The van der Waals surface area contributed by atoms with Crippen LogP contribution in [-0.2, 0) is 0 Å². The number of carbonyl (C=O) groups is 1. The van der Waals surface area contributed by atoms with Crippen LogP contribution < -0.4 is 5.73 Å². The zero-order valence-corrected chi connectivity index (χ0v) is 15.1. The van der Waals surface area contributed by atoms with Gasteiger partial charge in [-0.25, -0.2) is 9.37 Å². The predicted octanol–water partition coefficient (Wildman–Crippen LogP) is 3.34. The van der Waals surface area contributed by atoms with Gasteiger partial charge in [-0.15, -0.1) is 0 Å². The highest BCUT2D eigenvalue weighted by molar-refractivity contribution is 5.94. The van der Waals surface area contributed by atoms with Gasteiger partial charge in [0.25, 0.3) is 5.91 Å². The normalized spacial score (nSPS) is 17.4. The van der Waals surface area contributed by atoms with Crippen LogP contribution in [0, 0.1) is 11.7 Å². The lowest BCUT2D eigenvalue weighted by Gasteiger charge is -2.32. The number of fused-ring (bicyclic) bond motifs is 1. The quantitative estimate of drug-likeness (QED) is 0.770. The van der Waals surface area contributed by atoms with Crippen LogP contribution in [0.15, 0.2) is 48.8 Å². The Morgan fingerprint density at radius 1 is 1.19 bits per heavy atom. The smallest absolute Gasteiger partial charge is 0.255 e. The molecule has 140 valence electrons. The van der Waals surface area contributed by atoms with Crippen molar-refractivity contribution in [2.75, 3.05) is 19.6 Å². The van der Waals surface area contributed by atoms with Gasteiger partial charge in [-0.05, 0) is 68.1 Å². The summed E-state index contributed by atoms with van der Waals surface area (Å²) in [5.41, 5.74) is 8.68. The van der Waals surface area contributed by atoms with E-state index in [4.69, 9.17) is 5.73 Å². The number of nitrogens with zero attached hydrogens (tertiary/aromatic N) is 3. The third-order valence-electron chi connectivity index (χ3n) is 5.22. The monoisotopic (exact) mass is 366 g/mol. The van der Waals surface area contributed by atoms with Crippen LogP contribution in [0.4, 0.5) is 4.39 Å². The third-order valence-corrected chi connectivity index (χ3v) is 5.22. The number of halogens is 1. The van der Waals surface area contributed by atoms with Crippen molar-refractivity contribution >= 4 is 11.6 Å². The maximum absolute atomic E-state index is 13.1. The Kier molecular flexibility index (Phi) is 4.90. The molecule has 1 fully saturated rings. The molecule has 0 aliphatic carbocycles. The Bertz CT molecular complexity index is 948. The molecule has 1 atom stereocenters. The molecule has 1 aliphatic heterocycles. The molecule has 1 aliphatic rings. The summed E-state index contributed by atoms with van der Waals surface area (Å²) in [4.78, 5) is 19.4. The van der Waals surface area contributed by atoms with Crippen molar-refractivity contribution in [3.05, 3.63) is 60.2 Å². The number of piperidine rings is 1. The molecule has 5 nitrogen and oxygen atoms in total. The molecule has 2 N–H and O–H groups in total. The molecule has 2 aromatic heterocycles. The fourth-order valence-corrected chi connectivity index (χ4v) is 3.78. The van der Waals surface area contributed by atoms with Crippen molar-refractivity contribution in [1.82, 2.24) is 14.3 Å². The first-order valence-corrected chi connectivity index (χ1v) is 9.38. The SMILES string of the molecule is NCCC1CCCN(C(=O)c2ccc3nc(-c4ccc(F)cc4)cn3c2)C1. The second-order valence-corrected chi connectivity index (χ2v) is 7.15. The molecule has 0 bridgehead atoms. The van der Waals surface area contributed by atoms with Gasteiger partial charge in [-0.1, -0.05) is 0 Å². The van der Waals surface area contributed by atoms with E-state index in [1.54, 1.807) is 12.1 Å². The van der Waals surface area contributed by atoms with Crippen LogP contribution in [0.25, 0.3) is 16.9 Å². The highest BCUT2D eigenvalue weighted by atomic mass is 19.1. The van der Waals surface area contributed by atoms with Crippen LogP contribution in [0.3, 0.4) is 0 Å². The molecule has 3 heterocycles. The van der Waals surface area contributed by atoms with Gasteiger partial charge in [0, 0.05) is 31.0 Å². The largest absolute Gasteiger partial charge is 0.338 e. The molecule has 3 aromatic rings. The Morgan fingerprint density at radius 3 is 2.78 bits per heavy atom. The van der Waals surface area contributed by atoms with E-state index in [0.717, 1.165) is 49.3 Å². The standard InChI is InChI=1S/C21H23FN4O/c22-18-6-3-16(4-7-18)19-14-26-13-17(5-8-20(26)24-19)21(27)25-11-1-2-15(12-25)9-10-23/h3-8,13-15H,1-2,9-12,23H2. The first-order chi connectivity index (χ1) is 13.1. The number of hydrogen-bond acceptors (Lipinski definition) is 3. The van der Waals surface area contributed by atoms with E-state index in [2.05, 4.69) is 4.98 Å². The fraction of sp³-hybridized carbons (Fsp3) is 0.333. The Hall–Kier alpha value is -2.73. The fourth-order valence-electron chi connectivity index (χ4n) is 3.78. The number of rotatable bonds is 4.